The molecular weight excluding hydrogens is 482 g/mol. The molecule has 0 aliphatic heterocycles. The van der Waals surface area contributed by atoms with Crippen LogP contribution >= 0.6 is 24.0 Å². The van der Waals surface area contributed by atoms with Gasteiger partial charge in [-0.2, -0.15) is 0 Å². The largest absolute Gasteiger partial charge is 0.355 e. The molecule has 1 aromatic carbocycles. The van der Waals surface area contributed by atoms with Gasteiger partial charge in [-0.1, -0.05) is 6.07 Å². The van der Waals surface area contributed by atoms with Gasteiger partial charge in [0.15, 0.2) is 15.8 Å². The van der Waals surface area contributed by atoms with Gasteiger partial charge in [0.1, 0.15) is 5.82 Å². The summed E-state index contributed by atoms with van der Waals surface area (Å²) in [6.07, 6.45) is 3.69. The molecule has 0 saturated heterocycles. The molecule has 6 nitrogen and oxygen atoms in total. The zero-order chi connectivity index (χ0) is 19.3. The Hall–Kier alpha value is -0.940. The van der Waals surface area contributed by atoms with Crippen LogP contribution in [-0.2, 0) is 22.1 Å². The summed E-state index contributed by atoms with van der Waals surface area (Å²) in [5, 5.41) is 6.46. The third kappa shape index (κ3) is 8.30. The molecule has 154 valence electrons. The van der Waals surface area contributed by atoms with E-state index < -0.39 is 9.84 Å². The van der Waals surface area contributed by atoms with Gasteiger partial charge < -0.3 is 15.5 Å². The number of guanidine groups is 1. The Bertz CT molecular complexity index is 750. The highest BCUT2D eigenvalue weighted by atomic mass is 127. The van der Waals surface area contributed by atoms with Crippen LogP contribution in [0, 0.1) is 11.7 Å². The molecule has 1 aromatic rings. The SMILES string of the molecule is CN=C(NCc1cc(F)ccc1CS(C)(=O)=O)NCC(C1CC1)N(C)C.I. The number of hydrogen-bond donors (Lipinski definition) is 2. The fourth-order valence-electron chi connectivity index (χ4n) is 3.04. The van der Waals surface area contributed by atoms with Crippen molar-refractivity contribution >= 4 is 39.8 Å². The van der Waals surface area contributed by atoms with E-state index in [-0.39, 0.29) is 35.5 Å². The maximum Gasteiger partial charge on any atom is 0.191 e. The fraction of sp³-hybridized carbons (Fsp3) is 0.611. The summed E-state index contributed by atoms with van der Waals surface area (Å²) in [5.74, 6) is 0.844. The summed E-state index contributed by atoms with van der Waals surface area (Å²) in [6, 6.07) is 4.63. The number of hydrogen-bond acceptors (Lipinski definition) is 4. The highest BCUT2D eigenvalue weighted by molar-refractivity contribution is 14.0. The van der Waals surface area contributed by atoms with E-state index in [0.717, 1.165) is 12.5 Å². The van der Waals surface area contributed by atoms with E-state index in [0.29, 0.717) is 29.7 Å². The number of likely N-dealkylation sites (N-methyl/N-ethyl adjacent to an activating group) is 1. The number of benzene rings is 1. The second-order valence-corrected chi connectivity index (χ2v) is 9.30. The quantitative estimate of drug-likeness (QED) is 0.317. The molecule has 0 aromatic heterocycles. The Morgan fingerprint density at radius 3 is 2.48 bits per heavy atom. The smallest absolute Gasteiger partial charge is 0.191 e. The molecule has 2 rings (SSSR count). The molecule has 1 aliphatic carbocycles. The molecule has 1 fully saturated rings. The molecule has 27 heavy (non-hydrogen) atoms. The molecule has 0 radical (unpaired) electrons. The van der Waals surface area contributed by atoms with Crippen molar-refractivity contribution in [3.8, 4) is 0 Å². The first-order chi connectivity index (χ1) is 12.2. The molecule has 1 atom stereocenters. The van der Waals surface area contributed by atoms with E-state index in [4.69, 9.17) is 0 Å². The normalized spacial score (nSPS) is 16.0. The third-order valence-corrected chi connectivity index (χ3v) is 5.40. The van der Waals surface area contributed by atoms with Crippen LogP contribution in [0.2, 0.25) is 0 Å². The topological polar surface area (TPSA) is 73.8 Å². The Labute approximate surface area is 178 Å². The molecule has 1 unspecified atom stereocenters. The van der Waals surface area contributed by atoms with Gasteiger partial charge in [0.25, 0.3) is 0 Å². The van der Waals surface area contributed by atoms with Crippen molar-refractivity contribution in [2.24, 2.45) is 10.9 Å². The van der Waals surface area contributed by atoms with Crippen molar-refractivity contribution in [3.05, 3.63) is 35.1 Å². The predicted octanol–water partition coefficient (Wildman–Crippen LogP) is 1.99. The van der Waals surface area contributed by atoms with Gasteiger partial charge in [-0.15, -0.1) is 24.0 Å². The van der Waals surface area contributed by atoms with Crippen LogP contribution in [0.15, 0.2) is 23.2 Å². The molecule has 1 saturated carbocycles. The van der Waals surface area contributed by atoms with Crippen molar-refractivity contribution in [1.82, 2.24) is 15.5 Å². The first-order valence-corrected chi connectivity index (χ1v) is 10.8. The van der Waals surface area contributed by atoms with E-state index in [1.165, 1.54) is 37.3 Å². The molecule has 0 heterocycles. The van der Waals surface area contributed by atoms with Gasteiger partial charge in [-0.3, -0.25) is 4.99 Å². The maximum atomic E-state index is 13.6. The van der Waals surface area contributed by atoms with Crippen molar-refractivity contribution < 1.29 is 12.8 Å². The van der Waals surface area contributed by atoms with Gasteiger partial charge in [0.05, 0.1) is 5.75 Å². The highest BCUT2D eigenvalue weighted by Crippen LogP contribution is 2.34. The van der Waals surface area contributed by atoms with E-state index in [9.17, 15) is 12.8 Å². The van der Waals surface area contributed by atoms with Crippen molar-refractivity contribution in [3.63, 3.8) is 0 Å². The molecule has 1 aliphatic rings. The average molecular weight is 512 g/mol. The lowest BCUT2D eigenvalue weighted by Gasteiger charge is -2.25. The first-order valence-electron chi connectivity index (χ1n) is 8.75. The lowest BCUT2D eigenvalue weighted by atomic mass is 10.1. The minimum Gasteiger partial charge on any atom is -0.355 e. The van der Waals surface area contributed by atoms with Crippen LogP contribution in [0.4, 0.5) is 4.39 Å². The number of nitrogens with one attached hydrogen (secondary N) is 2. The van der Waals surface area contributed by atoms with Gasteiger partial charge in [-0.05, 0) is 56.1 Å². The molecule has 2 N–H and O–H groups in total. The van der Waals surface area contributed by atoms with Crippen LogP contribution in [0.3, 0.4) is 0 Å². The number of halogens is 2. The van der Waals surface area contributed by atoms with Crippen LogP contribution in [0.5, 0.6) is 0 Å². The van der Waals surface area contributed by atoms with Gasteiger partial charge in [0, 0.05) is 32.4 Å². The fourth-order valence-corrected chi connectivity index (χ4v) is 3.88. The summed E-state index contributed by atoms with van der Waals surface area (Å²) < 4.78 is 36.8. The lowest BCUT2D eigenvalue weighted by molar-refractivity contribution is 0.264. The summed E-state index contributed by atoms with van der Waals surface area (Å²) >= 11 is 0. The van der Waals surface area contributed by atoms with E-state index >= 15 is 0 Å². The molecular formula is C18H30FIN4O2S. The van der Waals surface area contributed by atoms with Gasteiger partial charge >= 0.3 is 0 Å². The Kier molecular flexibility index (Phi) is 9.43. The lowest BCUT2D eigenvalue weighted by Crippen LogP contribution is -2.45. The zero-order valence-electron chi connectivity index (χ0n) is 16.3. The maximum absolute atomic E-state index is 13.6. The van der Waals surface area contributed by atoms with Crippen molar-refractivity contribution in [1.29, 1.82) is 0 Å². The standard InChI is InChI=1S/C18H29FN4O2S.HI/c1-20-18(22-11-17(23(2)3)13-5-6-13)21-10-15-9-16(19)8-7-14(15)12-26(4,24)25;/h7-9,13,17H,5-6,10-12H2,1-4H3,(H2,20,21,22);1H. The summed E-state index contributed by atoms with van der Waals surface area (Å²) in [4.78, 5) is 6.42. The second kappa shape index (κ2) is 10.6. The third-order valence-electron chi connectivity index (χ3n) is 4.56. The first kappa shape index (κ1) is 24.1. The number of nitrogens with zero attached hydrogens (tertiary/aromatic N) is 2. The summed E-state index contributed by atoms with van der Waals surface area (Å²) in [7, 11) is 2.64. The van der Waals surface area contributed by atoms with Gasteiger partial charge in [-0.25, -0.2) is 12.8 Å². The average Bonchev–Trinajstić information content (AvgIpc) is 3.36. The van der Waals surface area contributed by atoms with Gasteiger partial charge in [0.2, 0.25) is 0 Å². The van der Waals surface area contributed by atoms with Crippen LogP contribution in [0.25, 0.3) is 0 Å². The molecule has 0 amide bonds. The van der Waals surface area contributed by atoms with Crippen molar-refractivity contribution in [2.45, 2.75) is 31.2 Å². The predicted molar refractivity (Wildman–Crippen MR) is 119 cm³/mol. The minimum absolute atomic E-state index is 0. The Balaban J connectivity index is 0.00000364. The van der Waals surface area contributed by atoms with E-state index in [1.54, 1.807) is 7.05 Å². The number of aliphatic imine (C=N–C) groups is 1. The minimum atomic E-state index is -3.19. The molecule has 0 spiro atoms. The molecule has 9 heteroatoms. The Morgan fingerprint density at radius 2 is 1.96 bits per heavy atom. The van der Waals surface area contributed by atoms with Crippen molar-refractivity contribution in [2.75, 3.05) is 33.9 Å². The van der Waals surface area contributed by atoms with Crippen LogP contribution < -0.4 is 10.6 Å². The molecule has 0 bridgehead atoms. The van der Waals surface area contributed by atoms with E-state index in [1.807, 2.05) is 0 Å². The summed E-state index contributed by atoms with van der Waals surface area (Å²) in [5.41, 5.74) is 1.21. The number of sulfone groups is 1. The van der Waals surface area contributed by atoms with E-state index in [2.05, 4.69) is 34.6 Å². The van der Waals surface area contributed by atoms with Crippen LogP contribution in [0.1, 0.15) is 24.0 Å². The highest BCUT2D eigenvalue weighted by Gasteiger charge is 2.32. The van der Waals surface area contributed by atoms with Crippen LogP contribution in [-0.4, -0.2) is 59.3 Å². The number of rotatable bonds is 8. The second-order valence-electron chi connectivity index (χ2n) is 7.16. The Morgan fingerprint density at radius 1 is 1.30 bits per heavy atom. The zero-order valence-corrected chi connectivity index (χ0v) is 19.5. The summed E-state index contributed by atoms with van der Waals surface area (Å²) in [6.45, 7) is 1.08. The monoisotopic (exact) mass is 512 g/mol.